The molecule has 4 fully saturated rings. The summed E-state index contributed by atoms with van der Waals surface area (Å²) in [5.41, 5.74) is 0.508. The summed E-state index contributed by atoms with van der Waals surface area (Å²) in [6.07, 6.45) is 7.02. The highest BCUT2D eigenvalue weighted by Crippen LogP contribution is 2.68. The van der Waals surface area contributed by atoms with Gasteiger partial charge < -0.3 is 5.11 Å². The van der Waals surface area contributed by atoms with Gasteiger partial charge in [-0.05, 0) is 54.8 Å². The van der Waals surface area contributed by atoms with Gasteiger partial charge in [-0.15, -0.1) is 0 Å². The van der Waals surface area contributed by atoms with Crippen molar-refractivity contribution >= 4 is 0 Å². The molecule has 0 aromatic carbocycles. The van der Waals surface area contributed by atoms with Gasteiger partial charge in [0, 0.05) is 12.5 Å². The fraction of sp³-hybridized carbons (Fsp3) is 0.615. The van der Waals surface area contributed by atoms with E-state index in [9.17, 15) is 0 Å². The second-order valence-electron chi connectivity index (χ2n) is 5.51. The summed E-state index contributed by atoms with van der Waals surface area (Å²) in [4.78, 5) is 0. The zero-order valence-corrected chi connectivity index (χ0v) is 8.88. The third kappa shape index (κ3) is 0.997. The highest BCUT2D eigenvalue weighted by atomic mass is 16.3. The van der Waals surface area contributed by atoms with Crippen molar-refractivity contribution in [3.05, 3.63) is 30.6 Å². The molecular formula is C13H17O. The minimum Gasteiger partial charge on any atom is -0.396 e. The molecule has 2 atom stereocenters. The number of aliphatic hydroxyl groups excluding tert-OH is 1. The predicted octanol–water partition coefficient (Wildman–Crippen LogP) is 2.19. The maximum Gasteiger partial charge on any atom is 0.0499 e. The van der Waals surface area contributed by atoms with Gasteiger partial charge in [0.25, 0.3) is 0 Å². The Morgan fingerprint density at radius 2 is 2.21 bits per heavy atom. The minimum atomic E-state index is 0.199. The molecule has 75 valence electrons. The van der Waals surface area contributed by atoms with E-state index in [1.54, 1.807) is 0 Å². The summed E-state index contributed by atoms with van der Waals surface area (Å²) < 4.78 is 0. The van der Waals surface area contributed by atoms with Gasteiger partial charge in [-0.1, -0.05) is 13.8 Å². The molecule has 4 saturated carbocycles. The van der Waals surface area contributed by atoms with Gasteiger partial charge in [0.15, 0.2) is 0 Å². The van der Waals surface area contributed by atoms with Crippen molar-refractivity contribution < 1.29 is 5.11 Å². The van der Waals surface area contributed by atoms with E-state index < -0.39 is 0 Å². The zero-order chi connectivity index (χ0) is 9.92. The van der Waals surface area contributed by atoms with Crippen LogP contribution < -0.4 is 0 Å². The number of hydrogen-bond donors (Lipinski definition) is 1. The Bertz CT molecular complexity index is 246. The molecule has 4 aliphatic rings. The average Bonchev–Trinajstić information content (AvgIpc) is 2.59. The van der Waals surface area contributed by atoms with Crippen molar-refractivity contribution in [3.63, 3.8) is 0 Å². The first-order valence-electron chi connectivity index (χ1n) is 5.52. The van der Waals surface area contributed by atoms with Crippen LogP contribution in [-0.4, -0.2) is 11.7 Å². The third-order valence-electron chi connectivity index (χ3n) is 4.57. The molecule has 0 aromatic rings. The van der Waals surface area contributed by atoms with Crippen molar-refractivity contribution in [2.45, 2.75) is 26.7 Å². The van der Waals surface area contributed by atoms with Crippen molar-refractivity contribution in [2.24, 2.45) is 17.3 Å². The molecule has 14 heavy (non-hydrogen) atoms. The van der Waals surface area contributed by atoms with Crippen molar-refractivity contribution in [1.29, 1.82) is 0 Å². The predicted molar refractivity (Wildman–Crippen MR) is 55.4 cm³/mol. The Labute approximate surface area is 86.9 Å². The van der Waals surface area contributed by atoms with E-state index in [1.165, 1.54) is 24.7 Å². The van der Waals surface area contributed by atoms with Crippen LogP contribution in [0.5, 0.6) is 0 Å². The zero-order valence-electron chi connectivity index (χ0n) is 8.88. The first kappa shape index (κ1) is 9.21. The molecule has 0 heterocycles. The Morgan fingerprint density at radius 1 is 1.43 bits per heavy atom. The van der Waals surface area contributed by atoms with Gasteiger partial charge in [0.2, 0.25) is 0 Å². The van der Waals surface area contributed by atoms with Gasteiger partial charge in [-0.2, -0.15) is 0 Å². The standard InChI is InChI=1S/C13H17O/c1-13(2)10-5-9-3-8(7-14)4-11(9)12(13)6-10/h3-4,10,12,14H,5-7H2,1-2H3. The summed E-state index contributed by atoms with van der Waals surface area (Å²) >= 11 is 0. The quantitative estimate of drug-likeness (QED) is 0.670. The molecule has 0 amide bonds. The van der Waals surface area contributed by atoms with E-state index >= 15 is 0 Å². The Kier molecular flexibility index (Phi) is 1.81. The average molecular weight is 189 g/mol. The minimum absolute atomic E-state index is 0.199. The molecule has 0 saturated heterocycles. The third-order valence-corrected chi connectivity index (χ3v) is 4.57. The van der Waals surface area contributed by atoms with E-state index in [4.69, 9.17) is 5.11 Å². The van der Waals surface area contributed by atoms with Crippen LogP contribution in [0.2, 0.25) is 0 Å². The highest BCUT2D eigenvalue weighted by Gasteiger charge is 2.60. The lowest BCUT2D eigenvalue weighted by Crippen LogP contribution is -2.53. The summed E-state index contributed by atoms with van der Waals surface area (Å²) in [7, 11) is 0. The number of rotatable bonds is 1. The van der Waals surface area contributed by atoms with Gasteiger partial charge in [-0.3, -0.25) is 0 Å². The summed E-state index contributed by atoms with van der Waals surface area (Å²) in [6.45, 7) is 4.98. The molecule has 2 unspecified atom stereocenters. The number of hydrogen-bond acceptors (Lipinski definition) is 1. The molecule has 1 heteroatoms. The molecule has 1 nitrogen and oxygen atoms in total. The van der Waals surface area contributed by atoms with Crippen LogP contribution in [0.25, 0.3) is 0 Å². The molecule has 2 bridgehead atoms. The molecule has 0 spiro atoms. The number of aliphatic hydroxyl groups is 1. The topological polar surface area (TPSA) is 20.2 Å². The van der Waals surface area contributed by atoms with E-state index in [1.807, 2.05) is 0 Å². The van der Waals surface area contributed by atoms with Crippen LogP contribution in [0, 0.1) is 47.8 Å². The van der Waals surface area contributed by atoms with Crippen LogP contribution in [0.4, 0.5) is 0 Å². The highest BCUT2D eigenvalue weighted by molar-refractivity contribution is 5.54. The second kappa shape index (κ2) is 2.75. The lowest BCUT2D eigenvalue weighted by atomic mass is 9.44. The van der Waals surface area contributed by atoms with Crippen LogP contribution in [0.1, 0.15) is 26.7 Å². The van der Waals surface area contributed by atoms with E-state index in [0.29, 0.717) is 5.41 Å². The largest absolute Gasteiger partial charge is 0.396 e. The Morgan fingerprint density at radius 3 is 2.86 bits per heavy atom. The first-order chi connectivity index (χ1) is 6.63. The normalized spacial score (nSPS) is 42.2. The van der Waals surface area contributed by atoms with E-state index in [2.05, 4.69) is 26.7 Å². The van der Waals surface area contributed by atoms with E-state index in [-0.39, 0.29) is 6.61 Å². The fourth-order valence-corrected chi connectivity index (χ4v) is 3.39. The maximum absolute atomic E-state index is 9.12. The molecule has 4 rings (SSSR count). The molecule has 0 aliphatic heterocycles. The lowest BCUT2D eigenvalue weighted by Gasteiger charge is -2.61. The van der Waals surface area contributed by atoms with Crippen LogP contribution in [-0.2, 0) is 0 Å². The van der Waals surface area contributed by atoms with Gasteiger partial charge in [0.05, 0.1) is 0 Å². The second-order valence-corrected chi connectivity index (χ2v) is 5.51. The van der Waals surface area contributed by atoms with Gasteiger partial charge in [0.1, 0.15) is 0 Å². The van der Waals surface area contributed by atoms with Gasteiger partial charge in [-0.25, -0.2) is 0 Å². The van der Waals surface area contributed by atoms with Crippen LogP contribution in [0.3, 0.4) is 0 Å². The summed E-state index contributed by atoms with van der Waals surface area (Å²) in [6, 6.07) is 0. The molecule has 0 aromatic heterocycles. The maximum atomic E-state index is 9.12. The van der Waals surface area contributed by atoms with Crippen LogP contribution in [0.15, 0.2) is 0 Å². The molecule has 1 N–H and O–H groups in total. The molecule has 4 aliphatic carbocycles. The SMILES string of the molecule is CC1(C)C2C[C]3[CH][C](CO)[CH][C]3C1C2. The Hall–Kier alpha value is -0.0400. The first-order valence-corrected chi connectivity index (χ1v) is 5.52. The van der Waals surface area contributed by atoms with Crippen LogP contribution >= 0.6 is 0 Å². The van der Waals surface area contributed by atoms with E-state index in [0.717, 1.165) is 17.8 Å². The fourth-order valence-electron chi connectivity index (χ4n) is 3.39. The Balaban J connectivity index is 1.79. The molecule has 5 radical (unpaired) electrons. The summed E-state index contributed by atoms with van der Waals surface area (Å²) in [5, 5.41) is 9.12. The lowest BCUT2D eigenvalue weighted by molar-refractivity contribution is -0.0317. The smallest absolute Gasteiger partial charge is 0.0499 e. The van der Waals surface area contributed by atoms with Crippen molar-refractivity contribution in [2.75, 3.05) is 6.61 Å². The monoisotopic (exact) mass is 189 g/mol. The van der Waals surface area contributed by atoms with Crippen molar-refractivity contribution in [1.82, 2.24) is 0 Å². The van der Waals surface area contributed by atoms with Gasteiger partial charge >= 0.3 is 0 Å². The van der Waals surface area contributed by atoms with Crippen molar-refractivity contribution in [3.8, 4) is 0 Å². The molecular weight excluding hydrogens is 172 g/mol. The summed E-state index contributed by atoms with van der Waals surface area (Å²) in [5.74, 6) is 5.79.